The normalized spacial score (nSPS) is 12.1. The second-order valence-corrected chi connectivity index (χ2v) is 8.76. The van der Waals surface area contributed by atoms with Crippen LogP contribution in [-0.4, -0.2) is 27.0 Å². The van der Waals surface area contributed by atoms with E-state index in [9.17, 15) is 13.2 Å². The maximum absolute atomic E-state index is 12.5. The van der Waals surface area contributed by atoms with E-state index in [1.54, 1.807) is 18.2 Å². The summed E-state index contributed by atoms with van der Waals surface area (Å²) in [5, 5.41) is 3.28. The van der Waals surface area contributed by atoms with Gasteiger partial charge in [-0.2, -0.15) is 0 Å². The van der Waals surface area contributed by atoms with E-state index in [1.165, 1.54) is 30.3 Å². The van der Waals surface area contributed by atoms with Crippen molar-refractivity contribution in [1.82, 2.24) is 5.32 Å². The maximum Gasteiger partial charge on any atom is 0.261 e. The molecular formula is C22H21ClN2O4S. The summed E-state index contributed by atoms with van der Waals surface area (Å²) in [6, 6.07) is 21.2. The molecule has 0 bridgehead atoms. The van der Waals surface area contributed by atoms with Crippen LogP contribution in [-0.2, 0) is 10.0 Å². The number of amides is 1. The van der Waals surface area contributed by atoms with Crippen molar-refractivity contribution in [2.24, 2.45) is 0 Å². The Kier molecular flexibility index (Phi) is 6.97. The van der Waals surface area contributed by atoms with Crippen LogP contribution in [0.5, 0.6) is 5.75 Å². The van der Waals surface area contributed by atoms with Crippen molar-refractivity contribution in [2.75, 3.05) is 11.3 Å². The zero-order chi connectivity index (χ0) is 21.6. The van der Waals surface area contributed by atoms with Gasteiger partial charge in [0.25, 0.3) is 15.9 Å². The molecule has 3 aromatic carbocycles. The van der Waals surface area contributed by atoms with Gasteiger partial charge >= 0.3 is 0 Å². The first-order valence-electron chi connectivity index (χ1n) is 9.21. The summed E-state index contributed by atoms with van der Waals surface area (Å²) in [6.45, 7) is 2.13. The molecule has 0 aliphatic rings. The lowest BCUT2D eigenvalue weighted by molar-refractivity contribution is 0.0926. The molecule has 3 aromatic rings. The fraction of sp³-hybridized carbons (Fsp3) is 0.136. The van der Waals surface area contributed by atoms with Crippen LogP contribution >= 0.6 is 11.6 Å². The SMILES string of the molecule is C[C@@H](COc1ccccc1)NC(=O)c1cccc(NS(=O)(=O)c2ccc(Cl)cc2)c1. The predicted octanol–water partition coefficient (Wildman–Crippen LogP) is 4.34. The highest BCUT2D eigenvalue weighted by Crippen LogP contribution is 2.19. The Bertz CT molecular complexity index is 1100. The first kappa shape index (κ1) is 21.7. The molecule has 156 valence electrons. The Morgan fingerprint density at radius 2 is 1.70 bits per heavy atom. The number of ether oxygens (including phenoxy) is 1. The van der Waals surface area contributed by atoms with Gasteiger partial charge in [0.15, 0.2) is 0 Å². The van der Waals surface area contributed by atoms with Crippen LogP contribution in [0.3, 0.4) is 0 Å². The van der Waals surface area contributed by atoms with Crippen LogP contribution in [0.25, 0.3) is 0 Å². The number of para-hydroxylation sites is 1. The lowest BCUT2D eigenvalue weighted by Gasteiger charge is -2.15. The summed E-state index contributed by atoms with van der Waals surface area (Å²) in [5.41, 5.74) is 0.614. The van der Waals surface area contributed by atoms with Crippen LogP contribution in [0.2, 0.25) is 5.02 Å². The Hall–Kier alpha value is -3.03. The Labute approximate surface area is 180 Å². The molecule has 1 atom stereocenters. The van der Waals surface area contributed by atoms with Crippen molar-refractivity contribution in [1.29, 1.82) is 0 Å². The second-order valence-electron chi connectivity index (χ2n) is 6.64. The van der Waals surface area contributed by atoms with Crippen molar-refractivity contribution in [3.63, 3.8) is 0 Å². The van der Waals surface area contributed by atoms with Crippen molar-refractivity contribution in [2.45, 2.75) is 17.9 Å². The van der Waals surface area contributed by atoms with Gasteiger partial charge < -0.3 is 10.1 Å². The van der Waals surface area contributed by atoms with Crippen LogP contribution in [0, 0.1) is 0 Å². The number of carbonyl (C=O) groups is 1. The highest BCUT2D eigenvalue weighted by molar-refractivity contribution is 7.92. The number of halogens is 1. The first-order valence-corrected chi connectivity index (χ1v) is 11.1. The predicted molar refractivity (Wildman–Crippen MR) is 118 cm³/mol. The number of anilines is 1. The van der Waals surface area contributed by atoms with E-state index < -0.39 is 10.0 Å². The maximum atomic E-state index is 12.5. The largest absolute Gasteiger partial charge is 0.491 e. The molecule has 0 aromatic heterocycles. The monoisotopic (exact) mass is 444 g/mol. The summed E-state index contributed by atoms with van der Waals surface area (Å²) in [6.07, 6.45) is 0. The van der Waals surface area contributed by atoms with Gasteiger partial charge in [0.05, 0.1) is 10.9 Å². The Morgan fingerprint density at radius 1 is 1.00 bits per heavy atom. The van der Waals surface area contributed by atoms with E-state index in [0.29, 0.717) is 17.2 Å². The van der Waals surface area contributed by atoms with Gasteiger partial charge in [-0.15, -0.1) is 0 Å². The van der Waals surface area contributed by atoms with Gasteiger partial charge in [0.1, 0.15) is 12.4 Å². The van der Waals surface area contributed by atoms with Gasteiger partial charge in [-0.3, -0.25) is 9.52 Å². The lowest BCUT2D eigenvalue weighted by Crippen LogP contribution is -2.36. The third-order valence-corrected chi connectivity index (χ3v) is 5.77. The number of rotatable bonds is 8. The minimum absolute atomic E-state index is 0.0773. The number of hydrogen-bond donors (Lipinski definition) is 2. The van der Waals surface area contributed by atoms with E-state index in [1.807, 2.05) is 37.3 Å². The number of hydrogen-bond acceptors (Lipinski definition) is 4. The highest BCUT2D eigenvalue weighted by atomic mass is 35.5. The molecule has 30 heavy (non-hydrogen) atoms. The first-order chi connectivity index (χ1) is 14.3. The molecule has 0 aliphatic carbocycles. The zero-order valence-electron chi connectivity index (χ0n) is 16.2. The Morgan fingerprint density at radius 3 is 2.40 bits per heavy atom. The van der Waals surface area contributed by atoms with Gasteiger partial charge in [0.2, 0.25) is 0 Å². The standard InChI is InChI=1S/C22H21ClN2O4S/c1-16(15-29-20-8-3-2-4-9-20)24-22(26)17-6-5-7-19(14-17)25-30(27,28)21-12-10-18(23)11-13-21/h2-14,16,25H,15H2,1H3,(H,24,26)/t16-/m0/s1. The van der Waals surface area contributed by atoms with E-state index in [-0.39, 0.29) is 22.5 Å². The molecule has 0 unspecified atom stereocenters. The lowest BCUT2D eigenvalue weighted by atomic mass is 10.2. The van der Waals surface area contributed by atoms with E-state index in [4.69, 9.17) is 16.3 Å². The molecule has 0 radical (unpaired) electrons. The molecule has 3 rings (SSSR count). The third kappa shape index (κ3) is 5.98. The molecule has 0 fully saturated rings. The van der Waals surface area contributed by atoms with Gasteiger partial charge in [-0.05, 0) is 61.5 Å². The second kappa shape index (κ2) is 9.65. The van der Waals surface area contributed by atoms with Crippen molar-refractivity contribution < 1.29 is 17.9 Å². The van der Waals surface area contributed by atoms with Crippen LogP contribution in [0.15, 0.2) is 83.8 Å². The summed E-state index contributed by atoms with van der Waals surface area (Å²) < 4.78 is 33.2. The number of sulfonamides is 1. The number of nitrogens with one attached hydrogen (secondary N) is 2. The fourth-order valence-corrected chi connectivity index (χ4v) is 3.81. The molecule has 8 heteroatoms. The van der Waals surface area contributed by atoms with Crippen molar-refractivity contribution >= 4 is 33.2 Å². The highest BCUT2D eigenvalue weighted by Gasteiger charge is 2.16. The van der Waals surface area contributed by atoms with Crippen molar-refractivity contribution in [3.8, 4) is 5.75 Å². The van der Waals surface area contributed by atoms with E-state index in [0.717, 1.165) is 5.75 Å². The Balaban J connectivity index is 1.62. The topological polar surface area (TPSA) is 84.5 Å². The fourth-order valence-electron chi connectivity index (χ4n) is 2.64. The molecule has 0 heterocycles. The van der Waals surface area contributed by atoms with Gasteiger partial charge in [-0.25, -0.2) is 8.42 Å². The summed E-state index contributed by atoms with van der Waals surface area (Å²) in [7, 11) is -3.80. The molecule has 2 N–H and O–H groups in total. The van der Waals surface area contributed by atoms with Crippen molar-refractivity contribution in [3.05, 3.63) is 89.4 Å². The van der Waals surface area contributed by atoms with E-state index in [2.05, 4.69) is 10.0 Å². The number of carbonyl (C=O) groups excluding carboxylic acids is 1. The van der Waals surface area contributed by atoms with Gasteiger partial charge in [0, 0.05) is 16.3 Å². The molecular weight excluding hydrogens is 424 g/mol. The summed E-state index contributed by atoms with van der Waals surface area (Å²) in [5.74, 6) is 0.393. The summed E-state index contributed by atoms with van der Waals surface area (Å²) in [4.78, 5) is 12.6. The minimum Gasteiger partial charge on any atom is -0.491 e. The smallest absolute Gasteiger partial charge is 0.261 e. The molecule has 0 aliphatic heterocycles. The molecule has 0 saturated heterocycles. The zero-order valence-corrected chi connectivity index (χ0v) is 17.8. The molecule has 6 nitrogen and oxygen atoms in total. The average molecular weight is 445 g/mol. The van der Waals surface area contributed by atoms with Crippen LogP contribution in [0.4, 0.5) is 5.69 Å². The molecule has 0 spiro atoms. The minimum atomic E-state index is -3.80. The third-order valence-electron chi connectivity index (χ3n) is 4.12. The summed E-state index contributed by atoms with van der Waals surface area (Å²) >= 11 is 5.81. The molecule has 1 amide bonds. The molecule has 0 saturated carbocycles. The van der Waals surface area contributed by atoms with Crippen LogP contribution in [0.1, 0.15) is 17.3 Å². The number of benzene rings is 3. The van der Waals surface area contributed by atoms with Crippen LogP contribution < -0.4 is 14.8 Å². The quantitative estimate of drug-likeness (QED) is 0.541. The van der Waals surface area contributed by atoms with E-state index >= 15 is 0 Å². The average Bonchev–Trinajstić information content (AvgIpc) is 2.73. The van der Waals surface area contributed by atoms with Gasteiger partial charge in [-0.1, -0.05) is 35.9 Å².